The van der Waals surface area contributed by atoms with Crippen LogP contribution in [-0.2, 0) is 13.1 Å². The molecule has 3 aromatic rings. The predicted octanol–water partition coefficient (Wildman–Crippen LogP) is 2.65. The van der Waals surface area contributed by atoms with E-state index in [4.69, 9.17) is 0 Å². The Balaban J connectivity index is 1.61. The minimum Gasteiger partial charge on any atom is -0.347 e. The highest BCUT2D eigenvalue weighted by atomic mass is 16.2. The molecule has 0 aliphatic carbocycles. The number of hydrogen-bond donors (Lipinski definition) is 2. The number of pyridine rings is 2. The summed E-state index contributed by atoms with van der Waals surface area (Å²) in [4.78, 5) is 33.0. The second-order valence-corrected chi connectivity index (χ2v) is 6.02. The predicted molar refractivity (Wildman–Crippen MR) is 102 cm³/mol. The van der Waals surface area contributed by atoms with Gasteiger partial charge in [0.15, 0.2) is 0 Å². The first-order valence-electron chi connectivity index (χ1n) is 8.61. The minimum absolute atomic E-state index is 0.189. The van der Waals surface area contributed by atoms with E-state index < -0.39 is 0 Å². The lowest BCUT2D eigenvalue weighted by Gasteiger charge is -2.09. The van der Waals surface area contributed by atoms with Crippen molar-refractivity contribution in [1.29, 1.82) is 0 Å². The molecule has 0 fully saturated rings. The average molecular weight is 360 g/mol. The van der Waals surface area contributed by atoms with Gasteiger partial charge in [-0.3, -0.25) is 14.6 Å². The molecule has 0 atom stereocenters. The van der Waals surface area contributed by atoms with Crippen LogP contribution in [0.2, 0.25) is 0 Å². The summed E-state index contributed by atoms with van der Waals surface area (Å²) in [6, 6.07) is 18.1. The average Bonchev–Trinajstić information content (AvgIpc) is 2.72. The number of rotatable bonds is 6. The summed E-state index contributed by atoms with van der Waals surface area (Å²) in [7, 11) is 0. The topological polar surface area (TPSA) is 84.0 Å². The summed E-state index contributed by atoms with van der Waals surface area (Å²) in [6.45, 7) is 2.70. The van der Waals surface area contributed by atoms with Gasteiger partial charge in [0.05, 0.1) is 12.2 Å². The molecule has 6 heteroatoms. The summed E-state index contributed by atoms with van der Waals surface area (Å²) in [6.07, 6.45) is 1.67. The van der Waals surface area contributed by atoms with Gasteiger partial charge in [-0.25, -0.2) is 4.98 Å². The maximum atomic E-state index is 12.4. The van der Waals surface area contributed by atoms with Crippen LogP contribution >= 0.6 is 0 Å². The molecule has 6 nitrogen and oxygen atoms in total. The van der Waals surface area contributed by atoms with E-state index in [0.717, 1.165) is 16.8 Å². The van der Waals surface area contributed by atoms with Crippen molar-refractivity contribution < 1.29 is 9.59 Å². The molecule has 136 valence electrons. The molecule has 2 N–H and O–H groups in total. The van der Waals surface area contributed by atoms with E-state index in [1.807, 2.05) is 49.4 Å². The molecular formula is C21H20N4O2. The number of benzene rings is 1. The van der Waals surface area contributed by atoms with Crippen LogP contribution in [0.4, 0.5) is 0 Å². The fourth-order valence-electron chi connectivity index (χ4n) is 2.53. The van der Waals surface area contributed by atoms with Crippen LogP contribution in [0.15, 0.2) is 66.9 Å². The first-order valence-corrected chi connectivity index (χ1v) is 8.61. The lowest BCUT2D eigenvalue weighted by atomic mass is 10.1. The first kappa shape index (κ1) is 18.3. The van der Waals surface area contributed by atoms with E-state index in [1.54, 1.807) is 24.4 Å². The second-order valence-electron chi connectivity index (χ2n) is 6.02. The number of aromatic nitrogens is 2. The fraction of sp³-hybridized carbons (Fsp3) is 0.143. The Morgan fingerprint density at radius 2 is 1.48 bits per heavy atom. The van der Waals surface area contributed by atoms with Gasteiger partial charge in [0.1, 0.15) is 11.4 Å². The lowest BCUT2D eigenvalue weighted by Crippen LogP contribution is -2.27. The highest BCUT2D eigenvalue weighted by molar-refractivity contribution is 5.96. The summed E-state index contributed by atoms with van der Waals surface area (Å²) < 4.78 is 0. The Morgan fingerprint density at radius 1 is 0.815 bits per heavy atom. The third-order valence-corrected chi connectivity index (χ3v) is 4.07. The third-order valence-electron chi connectivity index (χ3n) is 4.07. The van der Waals surface area contributed by atoms with Gasteiger partial charge in [-0.15, -0.1) is 0 Å². The van der Waals surface area contributed by atoms with E-state index in [1.165, 1.54) is 0 Å². The smallest absolute Gasteiger partial charge is 0.270 e. The van der Waals surface area contributed by atoms with Crippen LogP contribution in [0.1, 0.15) is 37.8 Å². The molecule has 0 spiro atoms. The Labute approximate surface area is 157 Å². The zero-order chi connectivity index (χ0) is 19.1. The van der Waals surface area contributed by atoms with Crippen molar-refractivity contribution in [3.8, 4) is 0 Å². The number of hydrogen-bond acceptors (Lipinski definition) is 4. The maximum Gasteiger partial charge on any atom is 0.270 e. The number of aryl methyl sites for hydroxylation is 1. The van der Waals surface area contributed by atoms with Gasteiger partial charge in [-0.05, 0) is 42.3 Å². The SMILES string of the molecule is Cc1ccccc1CNC(=O)c1cccc(C(=O)NCc2ccccn2)n1. The van der Waals surface area contributed by atoms with Crippen LogP contribution in [0.3, 0.4) is 0 Å². The molecule has 2 amide bonds. The van der Waals surface area contributed by atoms with Gasteiger partial charge < -0.3 is 10.6 Å². The molecule has 3 rings (SSSR count). The summed E-state index contributed by atoms with van der Waals surface area (Å²) in [5.41, 5.74) is 3.28. The molecular weight excluding hydrogens is 340 g/mol. The number of carbonyl (C=O) groups excluding carboxylic acids is 2. The Morgan fingerprint density at radius 3 is 2.15 bits per heavy atom. The second kappa shape index (κ2) is 8.71. The highest BCUT2D eigenvalue weighted by Gasteiger charge is 2.12. The van der Waals surface area contributed by atoms with Crippen molar-refractivity contribution in [2.45, 2.75) is 20.0 Å². The van der Waals surface area contributed by atoms with Crippen LogP contribution in [0, 0.1) is 6.92 Å². The van der Waals surface area contributed by atoms with Crippen LogP contribution in [0.5, 0.6) is 0 Å². The van der Waals surface area contributed by atoms with Crippen LogP contribution in [0.25, 0.3) is 0 Å². The largest absolute Gasteiger partial charge is 0.347 e. The van der Waals surface area contributed by atoms with Gasteiger partial charge in [-0.2, -0.15) is 0 Å². The normalized spacial score (nSPS) is 10.3. The molecule has 1 aromatic carbocycles. The van der Waals surface area contributed by atoms with Crippen LogP contribution in [-0.4, -0.2) is 21.8 Å². The van der Waals surface area contributed by atoms with E-state index in [2.05, 4.69) is 20.6 Å². The molecule has 2 heterocycles. The van der Waals surface area contributed by atoms with Crippen LogP contribution < -0.4 is 10.6 Å². The minimum atomic E-state index is -0.353. The summed E-state index contributed by atoms with van der Waals surface area (Å²) >= 11 is 0. The number of amides is 2. The number of nitrogens with zero attached hydrogens (tertiary/aromatic N) is 2. The third kappa shape index (κ3) is 4.98. The Hall–Kier alpha value is -3.54. The van der Waals surface area contributed by atoms with Crippen molar-refractivity contribution in [3.05, 3.63) is 95.1 Å². The molecule has 0 aliphatic rings. The Bertz CT molecular complexity index is 942. The van der Waals surface area contributed by atoms with Crippen molar-refractivity contribution in [3.63, 3.8) is 0 Å². The van der Waals surface area contributed by atoms with Gasteiger partial charge in [0.2, 0.25) is 0 Å². The van der Waals surface area contributed by atoms with E-state index in [0.29, 0.717) is 13.1 Å². The molecule has 0 saturated carbocycles. The Kier molecular flexibility index (Phi) is 5.89. The van der Waals surface area contributed by atoms with Crippen molar-refractivity contribution in [1.82, 2.24) is 20.6 Å². The lowest BCUT2D eigenvalue weighted by molar-refractivity contribution is 0.0941. The number of nitrogens with one attached hydrogen (secondary N) is 2. The quantitative estimate of drug-likeness (QED) is 0.708. The maximum absolute atomic E-state index is 12.4. The first-order chi connectivity index (χ1) is 13.1. The van der Waals surface area contributed by atoms with E-state index in [9.17, 15) is 9.59 Å². The van der Waals surface area contributed by atoms with Crippen molar-refractivity contribution in [2.75, 3.05) is 0 Å². The molecule has 0 bridgehead atoms. The molecule has 0 radical (unpaired) electrons. The van der Waals surface area contributed by atoms with E-state index in [-0.39, 0.29) is 23.2 Å². The highest BCUT2D eigenvalue weighted by Crippen LogP contribution is 2.07. The van der Waals surface area contributed by atoms with Gasteiger partial charge in [-0.1, -0.05) is 36.4 Å². The zero-order valence-corrected chi connectivity index (χ0v) is 15.0. The molecule has 2 aromatic heterocycles. The van der Waals surface area contributed by atoms with Gasteiger partial charge in [0.25, 0.3) is 11.8 Å². The van der Waals surface area contributed by atoms with Gasteiger partial charge in [0, 0.05) is 12.7 Å². The standard InChI is InChI=1S/C21H20N4O2/c1-15-7-2-3-8-16(15)13-23-20(26)18-10-6-11-19(25-18)21(27)24-14-17-9-4-5-12-22-17/h2-12H,13-14H2,1H3,(H,23,26)(H,24,27). The summed E-state index contributed by atoms with van der Waals surface area (Å²) in [5.74, 6) is -0.674. The number of carbonyl (C=O) groups is 2. The van der Waals surface area contributed by atoms with Gasteiger partial charge >= 0.3 is 0 Å². The molecule has 0 saturated heterocycles. The monoisotopic (exact) mass is 360 g/mol. The molecule has 0 unspecified atom stereocenters. The molecule has 27 heavy (non-hydrogen) atoms. The summed E-state index contributed by atoms with van der Waals surface area (Å²) in [5, 5.41) is 5.59. The fourth-order valence-corrected chi connectivity index (χ4v) is 2.53. The zero-order valence-electron chi connectivity index (χ0n) is 15.0. The van der Waals surface area contributed by atoms with E-state index >= 15 is 0 Å². The molecule has 0 aliphatic heterocycles. The van der Waals surface area contributed by atoms with Crippen molar-refractivity contribution >= 4 is 11.8 Å². The van der Waals surface area contributed by atoms with Crippen molar-refractivity contribution in [2.24, 2.45) is 0 Å².